The smallest absolute Gasteiger partial charge is 0.328 e. The van der Waals surface area contributed by atoms with Crippen LogP contribution in [0.4, 0.5) is 5.69 Å². The third-order valence-corrected chi connectivity index (χ3v) is 6.64. The van der Waals surface area contributed by atoms with E-state index in [0.717, 1.165) is 22.6 Å². The lowest BCUT2D eigenvalue weighted by Gasteiger charge is -2.38. The van der Waals surface area contributed by atoms with Crippen molar-refractivity contribution in [3.8, 4) is 5.75 Å². The third kappa shape index (κ3) is 5.52. The van der Waals surface area contributed by atoms with Gasteiger partial charge in [0.1, 0.15) is 11.8 Å². The topological polar surface area (TPSA) is 79.3 Å². The van der Waals surface area contributed by atoms with E-state index in [0.29, 0.717) is 25.9 Å². The number of rotatable bonds is 9. The molecule has 1 heterocycles. The molecular formula is C29H32N2O5. The molecule has 3 atom stereocenters. The van der Waals surface area contributed by atoms with E-state index >= 15 is 0 Å². The number of aliphatic hydroxyl groups is 1. The Hall–Kier alpha value is -3.84. The quantitative estimate of drug-likeness (QED) is 0.459. The molecule has 0 unspecified atom stereocenters. The van der Waals surface area contributed by atoms with E-state index in [1.807, 2.05) is 89.8 Å². The summed E-state index contributed by atoms with van der Waals surface area (Å²) in [5.41, 5.74) is 2.65. The maximum absolute atomic E-state index is 13.7. The molecule has 188 valence electrons. The van der Waals surface area contributed by atoms with Crippen LogP contribution in [0.1, 0.15) is 30.0 Å². The molecule has 1 saturated heterocycles. The highest BCUT2D eigenvalue weighted by atomic mass is 16.5. The first-order valence-electron chi connectivity index (χ1n) is 12.1. The molecule has 36 heavy (non-hydrogen) atoms. The number of aliphatic hydroxyl groups excluding tert-OH is 1. The summed E-state index contributed by atoms with van der Waals surface area (Å²) in [7, 11) is 2.94. The summed E-state index contributed by atoms with van der Waals surface area (Å²) in [5, 5.41) is 11.7. The molecule has 0 aliphatic carbocycles. The second kappa shape index (κ2) is 11.7. The minimum atomic E-state index is -1.41. The number of methoxy groups -OCH3 is 2. The summed E-state index contributed by atoms with van der Waals surface area (Å²) in [4.78, 5) is 29.5. The lowest BCUT2D eigenvalue weighted by Crippen LogP contribution is -2.50. The Morgan fingerprint density at radius 3 is 2.22 bits per heavy atom. The van der Waals surface area contributed by atoms with Crippen LogP contribution in [0.5, 0.6) is 5.75 Å². The number of esters is 1. The maximum Gasteiger partial charge on any atom is 0.328 e. The van der Waals surface area contributed by atoms with Crippen molar-refractivity contribution >= 4 is 17.6 Å². The van der Waals surface area contributed by atoms with Gasteiger partial charge in [-0.25, -0.2) is 4.79 Å². The van der Waals surface area contributed by atoms with E-state index in [2.05, 4.69) is 0 Å². The van der Waals surface area contributed by atoms with E-state index < -0.39 is 30.1 Å². The largest absolute Gasteiger partial charge is 0.497 e. The Morgan fingerprint density at radius 2 is 1.61 bits per heavy atom. The van der Waals surface area contributed by atoms with E-state index in [4.69, 9.17) is 9.47 Å². The van der Waals surface area contributed by atoms with Crippen LogP contribution in [-0.2, 0) is 20.9 Å². The Labute approximate surface area is 211 Å². The standard InChI is InChI=1S/C29H32N2O5/c1-35-24-17-15-21(16-18-24)20-31(23-12-7-4-8-13-23)26(22-10-5-3-6-11-22)27(32)28(33)30-19-9-14-25(30)29(34)36-2/h3-8,10-13,15-18,25-27,32H,9,14,19-20H2,1-2H3/t25-,26+,27-/m0/s1. The Bertz CT molecular complexity index is 1140. The number of anilines is 1. The molecule has 1 fully saturated rings. The van der Waals surface area contributed by atoms with Gasteiger partial charge in [0.05, 0.1) is 20.3 Å². The number of carbonyl (C=O) groups is 2. The van der Waals surface area contributed by atoms with Crippen molar-refractivity contribution in [1.82, 2.24) is 4.90 Å². The van der Waals surface area contributed by atoms with Crippen LogP contribution >= 0.6 is 0 Å². The average Bonchev–Trinajstić information content (AvgIpc) is 3.43. The van der Waals surface area contributed by atoms with Crippen LogP contribution in [-0.4, -0.2) is 54.8 Å². The van der Waals surface area contributed by atoms with Crippen LogP contribution in [0.3, 0.4) is 0 Å². The Kier molecular flexibility index (Phi) is 8.23. The summed E-state index contributed by atoms with van der Waals surface area (Å²) in [6, 6.07) is 25.6. The normalized spacial score (nSPS) is 16.8. The number of amides is 1. The van der Waals surface area contributed by atoms with Gasteiger partial charge in [-0.15, -0.1) is 0 Å². The molecule has 0 radical (unpaired) electrons. The lowest BCUT2D eigenvalue weighted by atomic mass is 9.96. The monoisotopic (exact) mass is 488 g/mol. The molecule has 1 amide bonds. The number of hydrogen-bond acceptors (Lipinski definition) is 6. The molecule has 3 aromatic rings. The first-order valence-corrected chi connectivity index (χ1v) is 12.1. The number of hydrogen-bond donors (Lipinski definition) is 1. The highest BCUT2D eigenvalue weighted by Gasteiger charge is 2.41. The summed E-state index contributed by atoms with van der Waals surface area (Å²) < 4.78 is 10.2. The van der Waals surface area contributed by atoms with Gasteiger partial charge in [-0.1, -0.05) is 60.7 Å². The number of carbonyl (C=O) groups excluding carboxylic acids is 2. The predicted molar refractivity (Wildman–Crippen MR) is 138 cm³/mol. The zero-order chi connectivity index (χ0) is 25.5. The van der Waals surface area contributed by atoms with Crippen molar-refractivity contribution in [1.29, 1.82) is 0 Å². The van der Waals surface area contributed by atoms with Gasteiger partial charge >= 0.3 is 5.97 Å². The van der Waals surface area contributed by atoms with Crippen molar-refractivity contribution < 1.29 is 24.2 Å². The highest BCUT2D eigenvalue weighted by Crippen LogP contribution is 2.34. The van der Waals surface area contributed by atoms with Crippen molar-refractivity contribution in [3.05, 3.63) is 96.1 Å². The van der Waals surface area contributed by atoms with Gasteiger partial charge in [0.2, 0.25) is 0 Å². The number of ether oxygens (including phenoxy) is 2. The van der Waals surface area contributed by atoms with E-state index in [-0.39, 0.29) is 0 Å². The molecule has 1 aliphatic heterocycles. The number of benzene rings is 3. The minimum Gasteiger partial charge on any atom is -0.497 e. The summed E-state index contributed by atoms with van der Waals surface area (Å²) in [5.74, 6) is -0.183. The molecule has 7 heteroatoms. The minimum absolute atomic E-state index is 0.404. The zero-order valence-corrected chi connectivity index (χ0v) is 20.6. The first-order chi connectivity index (χ1) is 17.5. The second-order valence-corrected chi connectivity index (χ2v) is 8.82. The van der Waals surface area contributed by atoms with Gasteiger partial charge < -0.3 is 24.4 Å². The van der Waals surface area contributed by atoms with E-state index in [9.17, 15) is 14.7 Å². The molecule has 4 rings (SSSR count). The van der Waals surface area contributed by atoms with E-state index in [1.165, 1.54) is 12.0 Å². The molecule has 0 spiro atoms. The fourth-order valence-corrected chi connectivity index (χ4v) is 4.80. The fourth-order valence-electron chi connectivity index (χ4n) is 4.80. The predicted octanol–water partition coefficient (Wildman–Crippen LogP) is 3.97. The summed E-state index contributed by atoms with van der Waals surface area (Å²) in [6.45, 7) is 0.847. The van der Waals surface area contributed by atoms with Gasteiger partial charge in [0.25, 0.3) is 5.91 Å². The SMILES string of the molecule is COC(=O)[C@@H]1CCCN1C(=O)[C@@H](O)[C@@H](c1ccccc1)N(Cc1ccc(OC)cc1)c1ccccc1. The van der Waals surface area contributed by atoms with E-state index in [1.54, 1.807) is 7.11 Å². The summed E-state index contributed by atoms with van der Waals surface area (Å²) in [6.07, 6.45) is -0.200. The average molecular weight is 489 g/mol. The number of para-hydroxylation sites is 1. The van der Waals surface area contributed by atoms with Gasteiger partial charge in [-0.2, -0.15) is 0 Å². The highest BCUT2D eigenvalue weighted by molar-refractivity contribution is 5.88. The second-order valence-electron chi connectivity index (χ2n) is 8.82. The van der Waals surface area contributed by atoms with Crippen LogP contribution < -0.4 is 9.64 Å². The fraction of sp³-hybridized carbons (Fsp3) is 0.310. The zero-order valence-electron chi connectivity index (χ0n) is 20.6. The summed E-state index contributed by atoms with van der Waals surface area (Å²) >= 11 is 0. The molecule has 0 bridgehead atoms. The van der Waals surface area contributed by atoms with Crippen molar-refractivity contribution in [3.63, 3.8) is 0 Å². The van der Waals surface area contributed by atoms with Crippen molar-refractivity contribution in [2.45, 2.75) is 37.6 Å². The Morgan fingerprint density at radius 1 is 0.972 bits per heavy atom. The number of likely N-dealkylation sites (tertiary alicyclic amines) is 1. The van der Waals surface area contributed by atoms with Gasteiger partial charge in [-0.05, 0) is 48.2 Å². The molecule has 0 saturated carbocycles. The molecule has 3 aromatic carbocycles. The van der Waals surface area contributed by atoms with Gasteiger partial charge in [0, 0.05) is 18.8 Å². The van der Waals surface area contributed by atoms with Gasteiger partial charge in [-0.3, -0.25) is 4.79 Å². The van der Waals surface area contributed by atoms with Gasteiger partial charge in [0.15, 0.2) is 6.10 Å². The molecular weight excluding hydrogens is 456 g/mol. The lowest BCUT2D eigenvalue weighted by molar-refractivity contribution is -0.154. The molecule has 0 aromatic heterocycles. The van der Waals surface area contributed by atoms with Crippen LogP contribution in [0.25, 0.3) is 0 Å². The van der Waals surface area contributed by atoms with Crippen LogP contribution in [0.2, 0.25) is 0 Å². The first kappa shape index (κ1) is 25.3. The maximum atomic E-state index is 13.7. The Balaban J connectivity index is 1.74. The van der Waals surface area contributed by atoms with Crippen LogP contribution in [0, 0.1) is 0 Å². The molecule has 1 N–H and O–H groups in total. The van der Waals surface area contributed by atoms with Crippen molar-refractivity contribution in [2.24, 2.45) is 0 Å². The molecule has 7 nitrogen and oxygen atoms in total. The molecule has 1 aliphatic rings. The third-order valence-electron chi connectivity index (χ3n) is 6.64. The van der Waals surface area contributed by atoms with Crippen molar-refractivity contribution in [2.75, 3.05) is 25.7 Å². The number of nitrogens with zero attached hydrogens (tertiary/aromatic N) is 2. The van der Waals surface area contributed by atoms with Crippen LogP contribution in [0.15, 0.2) is 84.9 Å².